The highest BCUT2D eigenvalue weighted by Gasteiger charge is 2.36. The van der Waals surface area contributed by atoms with Gasteiger partial charge in [-0.15, -0.1) is 0 Å². The first kappa shape index (κ1) is 16.9. The zero-order valence-electron chi connectivity index (χ0n) is 12.0. The van der Waals surface area contributed by atoms with Crippen LogP contribution in [-0.4, -0.2) is 66.5 Å². The maximum Gasteiger partial charge on any atom is 0.312 e. The Bertz CT molecular complexity index is 486. The molecule has 1 fully saturated rings. The van der Waals surface area contributed by atoms with Gasteiger partial charge in [0, 0.05) is 12.6 Å². The molecule has 2 N–H and O–H groups in total. The normalized spacial score (nSPS) is 21.5. The molecule has 1 unspecified atom stereocenters. The predicted octanol–water partition coefficient (Wildman–Crippen LogP) is -1.09. The molecule has 0 spiro atoms. The summed E-state index contributed by atoms with van der Waals surface area (Å²) in [5.41, 5.74) is -0.895. The SMILES string of the molecule is CCN(C(=O)C(=O)NC(C)(C)CO)C1CCS(=O)(=O)C1. The van der Waals surface area contributed by atoms with Crippen molar-refractivity contribution in [2.45, 2.75) is 38.8 Å². The second kappa shape index (κ2) is 6.09. The van der Waals surface area contributed by atoms with Crippen LogP contribution in [0.4, 0.5) is 0 Å². The Hall–Kier alpha value is -1.15. The van der Waals surface area contributed by atoms with Gasteiger partial charge < -0.3 is 15.3 Å². The first-order valence-corrected chi connectivity index (χ1v) is 8.38. The van der Waals surface area contributed by atoms with E-state index in [2.05, 4.69) is 5.32 Å². The highest BCUT2D eigenvalue weighted by Crippen LogP contribution is 2.18. The largest absolute Gasteiger partial charge is 0.394 e. The molecule has 8 heteroatoms. The van der Waals surface area contributed by atoms with E-state index in [9.17, 15) is 18.0 Å². The second-order valence-electron chi connectivity index (χ2n) is 5.64. The Morgan fingerprint density at radius 3 is 2.40 bits per heavy atom. The van der Waals surface area contributed by atoms with Crippen LogP contribution in [0.2, 0.25) is 0 Å². The Morgan fingerprint density at radius 1 is 1.40 bits per heavy atom. The van der Waals surface area contributed by atoms with E-state index in [4.69, 9.17) is 5.11 Å². The number of nitrogens with zero attached hydrogens (tertiary/aromatic N) is 1. The van der Waals surface area contributed by atoms with Gasteiger partial charge in [-0.2, -0.15) is 0 Å². The average Bonchev–Trinajstić information content (AvgIpc) is 2.70. The Labute approximate surface area is 119 Å². The number of hydrogen-bond donors (Lipinski definition) is 2. The first-order chi connectivity index (χ1) is 9.12. The fraction of sp³-hybridized carbons (Fsp3) is 0.833. The van der Waals surface area contributed by atoms with Crippen molar-refractivity contribution in [1.29, 1.82) is 0 Å². The van der Waals surface area contributed by atoms with Crippen molar-refractivity contribution < 1.29 is 23.1 Å². The molecule has 0 aromatic carbocycles. The lowest BCUT2D eigenvalue weighted by atomic mass is 10.1. The number of carbonyl (C=O) groups is 2. The average molecular weight is 306 g/mol. The minimum absolute atomic E-state index is 0.0468. The molecule has 1 aliphatic heterocycles. The summed E-state index contributed by atoms with van der Waals surface area (Å²) < 4.78 is 22.9. The van der Waals surface area contributed by atoms with E-state index in [0.29, 0.717) is 6.42 Å². The van der Waals surface area contributed by atoms with Crippen molar-refractivity contribution in [1.82, 2.24) is 10.2 Å². The maximum absolute atomic E-state index is 12.1. The van der Waals surface area contributed by atoms with Crippen LogP contribution in [0.3, 0.4) is 0 Å². The molecule has 116 valence electrons. The lowest BCUT2D eigenvalue weighted by Crippen LogP contribution is -2.54. The van der Waals surface area contributed by atoms with Crippen LogP contribution in [0, 0.1) is 0 Å². The molecule has 0 saturated carbocycles. The number of aliphatic hydroxyl groups excluding tert-OH is 1. The molecule has 2 amide bonds. The monoisotopic (exact) mass is 306 g/mol. The lowest BCUT2D eigenvalue weighted by molar-refractivity contribution is -0.148. The molecule has 0 radical (unpaired) electrons. The number of aliphatic hydroxyl groups is 1. The quantitative estimate of drug-likeness (QED) is 0.642. The van der Waals surface area contributed by atoms with Gasteiger partial charge in [-0.05, 0) is 27.2 Å². The summed E-state index contributed by atoms with van der Waals surface area (Å²) in [6.07, 6.45) is 0.360. The van der Waals surface area contributed by atoms with E-state index >= 15 is 0 Å². The number of carbonyl (C=O) groups excluding carboxylic acids is 2. The zero-order chi connectivity index (χ0) is 15.6. The number of amides is 2. The van der Waals surface area contributed by atoms with Gasteiger partial charge in [0.25, 0.3) is 0 Å². The topological polar surface area (TPSA) is 104 Å². The number of nitrogens with one attached hydrogen (secondary N) is 1. The molecule has 1 atom stereocenters. The van der Waals surface area contributed by atoms with Crippen molar-refractivity contribution in [3.8, 4) is 0 Å². The van der Waals surface area contributed by atoms with Crippen LogP contribution in [-0.2, 0) is 19.4 Å². The Kier molecular flexibility index (Phi) is 5.15. The maximum atomic E-state index is 12.1. The number of rotatable bonds is 4. The summed E-state index contributed by atoms with van der Waals surface area (Å²) in [5.74, 6) is -1.62. The van der Waals surface area contributed by atoms with Crippen LogP contribution < -0.4 is 5.32 Å². The van der Waals surface area contributed by atoms with Gasteiger partial charge in [-0.3, -0.25) is 9.59 Å². The zero-order valence-corrected chi connectivity index (χ0v) is 12.9. The van der Waals surface area contributed by atoms with Crippen molar-refractivity contribution >= 4 is 21.7 Å². The molecular weight excluding hydrogens is 284 g/mol. The summed E-state index contributed by atoms with van der Waals surface area (Å²) in [4.78, 5) is 25.3. The van der Waals surface area contributed by atoms with Gasteiger partial charge in [-0.25, -0.2) is 8.42 Å². The summed E-state index contributed by atoms with van der Waals surface area (Å²) in [5, 5.41) is 11.5. The van der Waals surface area contributed by atoms with Gasteiger partial charge in [0.05, 0.1) is 23.7 Å². The molecule has 7 nitrogen and oxygen atoms in total. The molecule has 0 aliphatic carbocycles. The lowest BCUT2D eigenvalue weighted by Gasteiger charge is -2.29. The van der Waals surface area contributed by atoms with Gasteiger partial charge in [0.15, 0.2) is 9.84 Å². The Balaban J connectivity index is 2.75. The van der Waals surface area contributed by atoms with E-state index < -0.39 is 33.2 Å². The van der Waals surface area contributed by atoms with Crippen LogP contribution in [0.5, 0.6) is 0 Å². The van der Waals surface area contributed by atoms with Crippen molar-refractivity contribution in [2.75, 3.05) is 24.7 Å². The first-order valence-electron chi connectivity index (χ1n) is 6.56. The third kappa shape index (κ3) is 4.17. The van der Waals surface area contributed by atoms with E-state index in [1.54, 1.807) is 20.8 Å². The van der Waals surface area contributed by atoms with E-state index in [-0.39, 0.29) is 24.7 Å². The summed E-state index contributed by atoms with van der Waals surface area (Å²) >= 11 is 0. The smallest absolute Gasteiger partial charge is 0.312 e. The highest BCUT2D eigenvalue weighted by molar-refractivity contribution is 7.91. The summed E-state index contributed by atoms with van der Waals surface area (Å²) in [7, 11) is -3.12. The molecule has 1 heterocycles. The van der Waals surface area contributed by atoms with Gasteiger partial charge in [0.1, 0.15) is 0 Å². The van der Waals surface area contributed by atoms with Gasteiger partial charge in [-0.1, -0.05) is 0 Å². The molecule has 1 saturated heterocycles. The van der Waals surface area contributed by atoms with Crippen molar-refractivity contribution in [2.24, 2.45) is 0 Å². The molecule has 0 aromatic rings. The molecule has 0 aromatic heterocycles. The van der Waals surface area contributed by atoms with E-state index in [1.165, 1.54) is 4.90 Å². The Morgan fingerprint density at radius 2 is 2.00 bits per heavy atom. The molecule has 0 bridgehead atoms. The third-order valence-electron chi connectivity index (χ3n) is 3.29. The standard InChI is InChI=1S/C12H22N2O5S/c1-4-14(9-5-6-20(18,19)7-9)11(17)10(16)13-12(2,3)8-15/h9,15H,4-8H2,1-3H3,(H,13,16). The second-order valence-corrected chi connectivity index (χ2v) is 7.87. The number of likely N-dealkylation sites (N-methyl/N-ethyl adjacent to an activating group) is 1. The van der Waals surface area contributed by atoms with Crippen LogP contribution in [0.1, 0.15) is 27.2 Å². The van der Waals surface area contributed by atoms with Gasteiger partial charge in [0.2, 0.25) is 0 Å². The molecular formula is C12H22N2O5S. The number of sulfone groups is 1. The van der Waals surface area contributed by atoms with Crippen molar-refractivity contribution in [3.05, 3.63) is 0 Å². The number of hydrogen-bond acceptors (Lipinski definition) is 5. The molecule has 1 rings (SSSR count). The minimum atomic E-state index is -3.12. The fourth-order valence-electron chi connectivity index (χ4n) is 2.12. The summed E-state index contributed by atoms with van der Waals surface area (Å²) in [6, 6.07) is -0.444. The molecule has 20 heavy (non-hydrogen) atoms. The highest BCUT2D eigenvalue weighted by atomic mass is 32.2. The van der Waals surface area contributed by atoms with Crippen LogP contribution >= 0.6 is 0 Å². The van der Waals surface area contributed by atoms with Crippen LogP contribution in [0.15, 0.2) is 0 Å². The molecule has 1 aliphatic rings. The van der Waals surface area contributed by atoms with E-state index in [0.717, 1.165) is 0 Å². The van der Waals surface area contributed by atoms with Crippen LogP contribution in [0.25, 0.3) is 0 Å². The fourth-order valence-corrected chi connectivity index (χ4v) is 3.85. The van der Waals surface area contributed by atoms with E-state index in [1.807, 2.05) is 0 Å². The summed E-state index contributed by atoms with van der Waals surface area (Å²) in [6.45, 7) is 4.86. The van der Waals surface area contributed by atoms with Crippen molar-refractivity contribution in [3.63, 3.8) is 0 Å². The predicted molar refractivity (Wildman–Crippen MR) is 73.8 cm³/mol. The van der Waals surface area contributed by atoms with Gasteiger partial charge >= 0.3 is 11.8 Å². The third-order valence-corrected chi connectivity index (χ3v) is 5.04. The minimum Gasteiger partial charge on any atom is -0.394 e.